The highest BCUT2D eigenvalue weighted by atomic mass is 14.8. The van der Waals surface area contributed by atoms with Crippen LogP contribution < -0.4 is 11.1 Å². The zero-order valence-electron chi connectivity index (χ0n) is 8.11. The van der Waals surface area contributed by atoms with E-state index >= 15 is 0 Å². The number of nitrogens with two attached hydrogens (primary N) is 1. The van der Waals surface area contributed by atoms with Gasteiger partial charge in [0.05, 0.1) is 0 Å². The van der Waals surface area contributed by atoms with E-state index in [1.807, 2.05) is 0 Å². The SMILES string of the molecule is CCCNCCCC(C)(C)N. The second-order valence-corrected chi connectivity index (χ2v) is 3.84. The van der Waals surface area contributed by atoms with Crippen LogP contribution in [0.2, 0.25) is 0 Å². The molecule has 0 aliphatic carbocycles. The molecular formula is C9H22N2. The van der Waals surface area contributed by atoms with Crippen LogP contribution in [0.3, 0.4) is 0 Å². The first-order valence-electron chi connectivity index (χ1n) is 4.56. The van der Waals surface area contributed by atoms with Crippen LogP contribution in [0.4, 0.5) is 0 Å². The van der Waals surface area contributed by atoms with Gasteiger partial charge in [0.1, 0.15) is 0 Å². The molecule has 0 atom stereocenters. The van der Waals surface area contributed by atoms with Gasteiger partial charge in [-0.1, -0.05) is 6.92 Å². The van der Waals surface area contributed by atoms with E-state index in [1.165, 1.54) is 12.8 Å². The molecule has 0 aromatic rings. The third-order valence-corrected chi connectivity index (χ3v) is 1.60. The molecule has 0 aliphatic heterocycles. The van der Waals surface area contributed by atoms with E-state index in [0.29, 0.717) is 0 Å². The van der Waals surface area contributed by atoms with Crippen LogP contribution in [0.15, 0.2) is 0 Å². The van der Waals surface area contributed by atoms with Gasteiger partial charge < -0.3 is 11.1 Å². The van der Waals surface area contributed by atoms with Gasteiger partial charge in [-0.15, -0.1) is 0 Å². The van der Waals surface area contributed by atoms with Crippen LogP contribution in [-0.2, 0) is 0 Å². The monoisotopic (exact) mass is 158 g/mol. The van der Waals surface area contributed by atoms with Gasteiger partial charge in [0, 0.05) is 5.54 Å². The Morgan fingerprint density at radius 1 is 1.27 bits per heavy atom. The molecule has 0 unspecified atom stereocenters. The minimum absolute atomic E-state index is 0.00783. The van der Waals surface area contributed by atoms with Crippen molar-refractivity contribution in [3.63, 3.8) is 0 Å². The molecule has 0 heterocycles. The van der Waals surface area contributed by atoms with Gasteiger partial charge in [-0.25, -0.2) is 0 Å². The van der Waals surface area contributed by atoms with Gasteiger partial charge in [0.25, 0.3) is 0 Å². The lowest BCUT2D eigenvalue weighted by Gasteiger charge is -2.17. The molecule has 3 N–H and O–H groups in total. The molecule has 0 aliphatic rings. The molecular weight excluding hydrogens is 136 g/mol. The van der Waals surface area contributed by atoms with E-state index in [-0.39, 0.29) is 5.54 Å². The lowest BCUT2D eigenvalue weighted by atomic mass is 10.0. The van der Waals surface area contributed by atoms with E-state index in [1.54, 1.807) is 0 Å². The second-order valence-electron chi connectivity index (χ2n) is 3.84. The highest BCUT2D eigenvalue weighted by Crippen LogP contribution is 2.05. The fourth-order valence-electron chi connectivity index (χ4n) is 0.971. The summed E-state index contributed by atoms with van der Waals surface area (Å²) in [6.07, 6.45) is 3.50. The Hall–Kier alpha value is -0.0800. The first-order valence-corrected chi connectivity index (χ1v) is 4.56. The molecule has 0 rings (SSSR count). The number of nitrogens with one attached hydrogen (secondary N) is 1. The van der Waals surface area contributed by atoms with Crippen molar-refractivity contribution in [3.8, 4) is 0 Å². The van der Waals surface area contributed by atoms with Crippen molar-refractivity contribution in [1.82, 2.24) is 5.32 Å². The molecule has 0 fully saturated rings. The normalized spacial score (nSPS) is 12.0. The van der Waals surface area contributed by atoms with Gasteiger partial charge in [-0.2, -0.15) is 0 Å². The van der Waals surface area contributed by atoms with E-state index in [2.05, 4.69) is 26.1 Å². The van der Waals surface area contributed by atoms with Crippen molar-refractivity contribution in [2.45, 2.75) is 45.6 Å². The van der Waals surface area contributed by atoms with Crippen molar-refractivity contribution >= 4 is 0 Å². The summed E-state index contributed by atoms with van der Waals surface area (Å²) in [6, 6.07) is 0. The first-order chi connectivity index (χ1) is 5.06. The lowest BCUT2D eigenvalue weighted by molar-refractivity contribution is 0.448. The maximum Gasteiger partial charge on any atom is 0.00975 e. The van der Waals surface area contributed by atoms with Crippen molar-refractivity contribution < 1.29 is 0 Å². The molecule has 0 aromatic carbocycles. The zero-order valence-corrected chi connectivity index (χ0v) is 8.11. The molecule has 0 radical (unpaired) electrons. The zero-order chi connectivity index (χ0) is 8.74. The third-order valence-electron chi connectivity index (χ3n) is 1.60. The van der Waals surface area contributed by atoms with Gasteiger partial charge in [-0.05, 0) is 46.2 Å². The second kappa shape index (κ2) is 5.56. The third kappa shape index (κ3) is 9.92. The van der Waals surface area contributed by atoms with E-state index in [0.717, 1.165) is 19.5 Å². The summed E-state index contributed by atoms with van der Waals surface area (Å²) in [4.78, 5) is 0. The predicted octanol–water partition coefficient (Wildman–Crippen LogP) is 1.50. The fraction of sp³-hybridized carbons (Fsp3) is 1.00. The molecule has 0 aromatic heterocycles. The summed E-state index contributed by atoms with van der Waals surface area (Å²) < 4.78 is 0. The molecule has 0 saturated carbocycles. The van der Waals surface area contributed by atoms with Crippen molar-refractivity contribution in [1.29, 1.82) is 0 Å². The summed E-state index contributed by atoms with van der Waals surface area (Å²) in [5.41, 5.74) is 5.83. The standard InChI is InChI=1S/C9H22N2/c1-4-7-11-8-5-6-9(2,3)10/h11H,4-8,10H2,1-3H3. The average molecular weight is 158 g/mol. The predicted molar refractivity (Wildman–Crippen MR) is 50.7 cm³/mol. The molecule has 2 nitrogen and oxygen atoms in total. The Morgan fingerprint density at radius 2 is 1.91 bits per heavy atom. The smallest absolute Gasteiger partial charge is 0.00975 e. The van der Waals surface area contributed by atoms with E-state index in [9.17, 15) is 0 Å². The van der Waals surface area contributed by atoms with Gasteiger partial charge in [0.15, 0.2) is 0 Å². The van der Waals surface area contributed by atoms with Gasteiger partial charge in [-0.3, -0.25) is 0 Å². The molecule has 0 amide bonds. The first kappa shape index (κ1) is 10.9. The van der Waals surface area contributed by atoms with Crippen molar-refractivity contribution in [2.75, 3.05) is 13.1 Å². The minimum atomic E-state index is 0.00783. The Balaban J connectivity index is 3.02. The largest absolute Gasteiger partial charge is 0.326 e. The lowest BCUT2D eigenvalue weighted by Crippen LogP contribution is -2.32. The van der Waals surface area contributed by atoms with Crippen LogP contribution in [0, 0.1) is 0 Å². The molecule has 2 heteroatoms. The maximum atomic E-state index is 5.82. The Kier molecular flexibility index (Phi) is 5.51. The quantitative estimate of drug-likeness (QED) is 0.575. The molecule has 0 bridgehead atoms. The van der Waals surface area contributed by atoms with Crippen LogP contribution in [0.25, 0.3) is 0 Å². The Labute approximate surface area is 70.5 Å². The topological polar surface area (TPSA) is 38.0 Å². The van der Waals surface area contributed by atoms with Crippen molar-refractivity contribution in [3.05, 3.63) is 0 Å². The Morgan fingerprint density at radius 3 is 2.36 bits per heavy atom. The summed E-state index contributed by atoms with van der Waals surface area (Å²) in [5.74, 6) is 0. The summed E-state index contributed by atoms with van der Waals surface area (Å²) >= 11 is 0. The van der Waals surface area contributed by atoms with E-state index < -0.39 is 0 Å². The van der Waals surface area contributed by atoms with Gasteiger partial charge in [0.2, 0.25) is 0 Å². The average Bonchev–Trinajstić information content (AvgIpc) is 1.85. The van der Waals surface area contributed by atoms with E-state index in [4.69, 9.17) is 5.73 Å². The molecule has 11 heavy (non-hydrogen) atoms. The summed E-state index contributed by atoms with van der Waals surface area (Å²) in [5, 5.41) is 3.35. The van der Waals surface area contributed by atoms with Crippen LogP contribution in [0.1, 0.15) is 40.0 Å². The summed E-state index contributed by atoms with van der Waals surface area (Å²) in [7, 11) is 0. The molecule has 68 valence electrons. The van der Waals surface area contributed by atoms with Crippen molar-refractivity contribution in [2.24, 2.45) is 5.73 Å². The number of hydrogen-bond donors (Lipinski definition) is 2. The van der Waals surface area contributed by atoms with Gasteiger partial charge >= 0.3 is 0 Å². The van der Waals surface area contributed by atoms with Crippen LogP contribution >= 0.6 is 0 Å². The van der Waals surface area contributed by atoms with Crippen LogP contribution in [-0.4, -0.2) is 18.6 Å². The number of rotatable bonds is 6. The Bertz CT molecular complexity index is 84.1. The minimum Gasteiger partial charge on any atom is -0.326 e. The highest BCUT2D eigenvalue weighted by Gasteiger charge is 2.08. The molecule has 0 spiro atoms. The fourth-order valence-corrected chi connectivity index (χ4v) is 0.971. The highest BCUT2D eigenvalue weighted by molar-refractivity contribution is 4.71. The number of hydrogen-bond acceptors (Lipinski definition) is 2. The molecule has 0 saturated heterocycles. The van der Waals surface area contributed by atoms with Crippen LogP contribution in [0.5, 0.6) is 0 Å². The maximum absolute atomic E-state index is 5.82. The summed E-state index contributed by atoms with van der Waals surface area (Å²) in [6.45, 7) is 8.57.